The van der Waals surface area contributed by atoms with Gasteiger partial charge in [0.25, 0.3) is 0 Å². The highest BCUT2D eigenvalue weighted by Crippen LogP contribution is 2.28. The normalized spacial score (nSPS) is 10.1. The number of methoxy groups -OCH3 is 1. The Hall–Kier alpha value is -1.07. The zero-order chi connectivity index (χ0) is 11.3. The van der Waals surface area contributed by atoms with Gasteiger partial charge in [-0.1, -0.05) is 13.3 Å². The standard InChI is InChI=1S/C10H16N2O2S/c1-3-4-5-7-6-8(12-11)9(15-7)10(13)14-2/h6,12H,3-5,11H2,1-2H3. The van der Waals surface area contributed by atoms with Crippen LogP contribution in [0.4, 0.5) is 5.69 Å². The molecule has 84 valence electrons. The highest BCUT2D eigenvalue weighted by molar-refractivity contribution is 7.14. The fraction of sp³-hybridized carbons (Fsp3) is 0.500. The first-order chi connectivity index (χ1) is 7.22. The van der Waals surface area contributed by atoms with E-state index >= 15 is 0 Å². The second kappa shape index (κ2) is 5.72. The van der Waals surface area contributed by atoms with Crippen molar-refractivity contribution >= 4 is 23.0 Å². The number of thiophene rings is 1. The molecule has 1 rings (SSSR count). The minimum Gasteiger partial charge on any atom is -0.465 e. The summed E-state index contributed by atoms with van der Waals surface area (Å²) in [4.78, 5) is 13.1. The molecule has 15 heavy (non-hydrogen) atoms. The van der Waals surface area contributed by atoms with Gasteiger partial charge in [-0.3, -0.25) is 5.84 Å². The van der Waals surface area contributed by atoms with E-state index < -0.39 is 0 Å². The maximum atomic E-state index is 11.4. The first kappa shape index (κ1) is 12.0. The highest BCUT2D eigenvalue weighted by Gasteiger charge is 2.15. The molecule has 0 aliphatic heterocycles. The minimum atomic E-state index is -0.337. The fourth-order valence-electron chi connectivity index (χ4n) is 1.27. The van der Waals surface area contributed by atoms with Crippen LogP contribution in [-0.4, -0.2) is 13.1 Å². The van der Waals surface area contributed by atoms with Crippen LogP contribution in [-0.2, 0) is 11.2 Å². The molecule has 1 aromatic rings. The number of esters is 1. The number of ether oxygens (including phenoxy) is 1. The maximum Gasteiger partial charge on any atom is 0.350 e. The molecule has 0 atom stereocenters. The number of hydrogen-bond donors (Lipinski definition) is 2. The van der Waals surface area contributed by atoms with E-state index in [0.29, 0.717) is 10.6 Å². The molecule has 1 heterocycles. The van der Waals surface area contributed by atoms with Crippen molar-refractivity contribution in [2.45, 2.75) is 26.2 Å². The smallest absolute Gasteiger partial charge is 0.350 e. The summed E-state index contributed by atoms with van der Waals surface area (Å²) < 4.78 is 4.67. The number of nitrogen functional groups attached to an aromatic ring is 1. The Balaban J connectivity index is 2.85. The maximum absolute atomic E-state index is 11.4. The number of anilines is 1. The fourth-order valence-corrected chi connectivity index (χ4v) is 2.35. The van der Waals surface area contributed by atoms with E-state index in [-0.39, 0.29) is 5.97 Å². The third kappa shape index (κ3) is 2.94. The summed E-state index contributed by atoms with van der Waals surface area (Å²) in [5.41, 5.74) is 3.17. The molecule has 0 bridgehead atoms. The predicted octanol–water partition coefficient (Wildman–Crippen LogP) is 2.16. The van der Waals surface area contributed by atoms with Crippen LogP contribution in [0.15, 0.2) is 6.07 Å². The molecule has 0 saturated carbocycles. The van der Waals surface area contributed by atoms with Crippen molar-refractivity contribution in [2.24, 2.45) is 5.84 Å². The van der Waals surface area contributed by atoms with Gasteiger partial charge in [-0.05, 0) is 18.9 Å². The second-order valence-electron chi connectivity index (χ2n) is 3.19. The third-order valence-corrected chi connectivity index (χ3v) is 3.26. The van der Waals surface area contributed by atoms with Crippen LogP contribution in [0.2, 0.25) is 0 Å². The van der Waals surface area contributed by atoms with Gasteiger partial charge in [0.1, 0.15) is 4.88 Å². The molecule has 3 N–H and O–H groups in total. The molecule has 0 aliphatic rings. The van der Waals surface area contributed by atoms with Crippen molar-refractivity contribution in [1.82, 2.24) is 0 Å². The van der Waals surface area contributed by atoms with Crippen LogP contribution in [0, 0.1) is 0 Å². The summed E-state index contributed by atoms with van der Waals surface area (Å²) in [5, 5.41) is 0. The molecule has 0 unspecified atom stereocenters. The number of unbranched alkanes of at least 4 members (excludes halogenated alkanes) is 1. The number of carbonyl (C=O) groups excluding carboxylic acids is 1. The molecular formula is C10H16N2O2S. The van der Waals surface area contributed by atoms with Gasteiger partial charge in [0.05, 0.1) is 12.8 Å². The Kier molecular flexibility index (Phi) is 4.58. The van der Waals surface area contributed by atoms with Gasteiger partial charge in [-0.25, -0.2) is 4.79 Å². The first-order valence-corrected chi connectivity index (χ1v) is 5.72. The van der Waals surface area contributed by atoms with E-state index in [0.717, 1.165) is 24.1 Å². The Bertz CT molecular complexity index is 336. The van der Waals surface area contributed by atoms with Crippen molar-refractivity contribution < 1.29 is 9.53 Å². The quantitative estimate of drug-likeness (QED) is 0.460. The van der Waals surface area contributed by atoms with Crippen molar-refractivity contribution in [3.63, 3.8) is 0 Å². The van der Waals surface area contributed by atoms with Crippen LogP contribution in [0.5, 0.6) is 0 Å². The molecule has 0 fully saturated rings. The average molecular weight is 228 g/mol. The summed E-state index contributed by atoms with van der Waals surface area (Å²) in [6.07, 6.45) is 3.23. The summed E-state index contributed by atoms with van der Waals surface area (Å²) in [7, 11) is 1.37. The van der Waals surface area contributed by atoms with E-state index in [1.54, 1.807) is 0 Å². The lowest BCUT2D eigenvalue weighted by Gasteiger charge is -1.98. The van der Waals surface area contributed by atoms with Crippen molar-refractivity contribution in [3.05, 3.63) is 15.8 Å². The molecule has 0 radical (unpaired) electrons. The monoisotopic (exact) mass is 228 g/mol. The van der Waals surface area contributed by atoms with Gasteiger partial charge < -0.3 is 10.2 Å². The molecule has 5 heteroatoms. The number of nitrogens with two attached hydrogens (primary N) is 1. The number of carbonyl (C=O) groups is 1. The molecule has 0 amide bonds. The molecule has 0 saturated heterocycles. The number of rotatable bonds is 5. The van der Waals surface area contributed by atoms with Crippen molar-refractivity contribution in [2.75, 3.05) is 12.5 Å². The van der Waals surface area contributed by atoms with Gasteiger partial charge >= 0.3 is 5.97 Å². The van der Waals surface area contributed by atoms with Gasteiger partial charge in [0.2, 0.25) is 0 Å². The highest BCUT2D eigenvalue weighted by atomic mass is 32.1. The first-order valence-electron chi connectivity index (χ1n) is 4.90. The lowest BCUT2D eigenvalue weighted by Crippen LogP contribution is -2.10. The van der Waals surface area contributed by atoms with Gasteiger partial charge in [-0.15, -0.1) is 11.3 Å². The van der Waals surface area contributed by atoms with Gasteiger partial charge in [0.15, 0.2) is 0 Å². The lowest BCUT2D eigenvalue weighted by atomic mass is 10.2. The molecule has 0 aliphatic carbocycles. The van der Waals surface area contributed by atoms with Crippen LogP contribution in [0.3, 0.4) is 0 Å². The minimum absolute atomic E-state index is 0.337. The Labute approximate surface area is 93.4 Å². The van der Waals surface area contributed by atoms with Crippen LogP contribution < -0.4 is 11.3 Å². The number of nitrogens with one attached hydrogen (secondary N) is 1. The molecule has 0 spiro atoms. The summed E-state index contributed by atoms with van der Waals surface area (Å²) in [5.74, 6) is 5.00. The number of hydrazine groups is 1. The van der Waals surface area contributed by atoms with E-state index in [2.05, 4.69) is 17.1 Å². The number of aryl methyl sites for hydroxylation is 1. The van der Waals surface area contributed by atoms with E-state index in [4.69, 9.17) is 5.84 Å². The molecule has 1 aromatic heterocycles. The SMILES string of the molecule is CCCCc1cc(NN)c(C(=O)OC)s1. The molecule has 4 nitrogen and oxygen atoms in total. The van der Waals surface area contributed by atoms with Gasteiger partial charge in [-0.2, -0.15) is 0 Å². The molecular weight excluding hydrogens is 212 g/mol. The van der Waals surface area contributed by atoms with E-state index in [1.165, 1.54) is 18.4 Å². The van der Waals surface area contributed by atoms with Crippen LogP contribution >= 0.6 is 11.3 Å². The van der Waals surface area contributed by atoms with E-state index in [1.807, 2.05) is 6.07 Å². The lowest BCUT2D eigenvalue weighted by molar-refractivity contribution is 0.0607. The number of hydrogen-bond acceptors (Lipinski definition) is 5. The van der Waals surface area contributed by atoms with E-state index in [9.17, 15) is 4.79 Å². The largest absolute Gasteiger partial charge is 0.465 e. The Morgan fingerprint density at radius 1 is 1.67 bits per heavy atom. The Morgan fingerprint density at radius 3 is 2.93 bits per heavy atom. The summed E-state index contributed by atoms with van der Waals surface area (Å²) >= 11 is 1.44. The topological polar surface area (TPSA) is 64.3 Å². The summed E-state index contributed by atoms with van der Waals surface area (Å²) in [6.45, 7) is 2.14. The zero-order valence-corrected chi connectivity index (χ0v) is 9.82. The molecule has 0 aromatic carbocycles. The van der Waals surface area contributed by atoms with Crippen LogP contribution in [0.25, 0.3) is 0 Å². The third-order valence-electron chi connectivity index (χ3n) is 2.09. The van der Waals surface area contributed by atoms with Crippen molar-refractivity contribution in [3.8, 4) is 0 Å². The average Bonchev–Trinajstić information content (AvgIpc) is 2.68. The van der Waals surface area contributed by atoms with Crippen molar-refractivity contribution in [1.29, 1.82) is 0 Å². The predicted molar refractivity (Wildman–Crippen MR) is 62.1 cm³/mol. The second-order valence-corrected chi connectivity index (χ2v) is 4.33. The summed E-state index contributed by atoms with van der Waals surface area (Å²) in [6, 6.07) is 1.91. The van der Waals surface area contributed by atoms with Gasteiger partial charge in [0, 0.05) is 4.88 Å². The zero-order valence-electron chi connectivity index (χ0n) is 9.00. The Morgan fingerprint density at radius 2 is 2.40 bits per heavy atom. The van der Waals surface area contributed by atoms with Crippen LogP contribution in [0.1, 0.15) is 34.3 Å².